The Bertz CT molecular complexity index is 400. The number of aromatic nitrogens is 1. The number of nitrogens with zero attached hydrogens (tertiary/aromatic N) is 4. The maximum Gasteiger partial charge on any atom is 0.140 e. The van der Waals surface area contributed by atoms with Gasteiger partial charge in [-0.1, -0.05) is 0 Å². The van der Waals surface area contributed by atoms with Crippen molar-refractivity contribution < 1.29 is 0 Å². The van der Waals surface area contributed by atoms with E-state index in [2.05, 4.69) is 27.1 Å². The van der Waals surface area contributed by atoms with Crippen LogP contribution in [-0.4, -0.2) is 61.1 Å². The molecule has 5 heteroatoms. The van der Waals surface area contributed by atoms with Crippen LogP contribution in [0.1, 0.15) is 5.69 Å². The largest absolute Gasteiger partial charge is 0.383 e. The number of anilines is 1. The van der Waals surface area contributed by atoms with Crippen molar-refractivity contribution in [2.24, 2.45) is 0 Å². The molecule has 1 N–H and O–H groups in total. The quantitative estimate of drug-likeness (QED) is 0.842. The van der Waals surface area contributed by atoms with Gasteiger partial charge >= 0.3 is 0 Å². The van der Waals surface area contributed by atoms with Crippen molar-refractivity contribution >= 4 is 5.69 Å². The molecule has 1 aliphatic heterocycles. The Balaban J connectivity index is 1.70. The van der Waals surface area contributed by atoms with E-state index in [1.807, 2.05) is 12.1 Å². The number of piperazine rings is 1. The van der Waals surface area contributed by atoms with Gasteiger partial charge in [-0.15, -0.1) is 0 Å². The highest BCUT2D eigenvalue weighted by molar-refractivity contribution is 5.42. The third-order valence-electron chi connectivity index (χ3n) is 3.23. The lowest BCUT2D eigenvalue weighted by molar-refractivity contribution is 0.158. The number of rotatable bonds is 4. The monoisotopic (exact) mass is 245 g/mol. The Morgan fingerprint density at radius 1 is 1.33 bits per heavy atom. The predicted octanol–water partition coefficient (Wildman–Crippen LogP) is 0.613. The summed E-state index contributed by atoms with van der Waals surface area (Å²) in [5, 5.41) is 12.0. The molecule has 0 aromatic carbocycles. The summed E-state index contributed by atoms with van der Waals surface area (Å²) < 4.78 is 0. The number of hydrogen-bond acceptors (Lipinski definition) is 5. The average molecular weight is 245 g/mol. The van der Waals surface area contributed by atoms with Crippen molar-refractivity contribution in [2.45, 2.75) is 0 Å². The SMILES string of the molecule is CN1CCN(CCNc2ccc(C#N)nc2)CC1. The molecule has 0 saturated carbocycles. The smallest absolute Gasteiger partial charge is 0.140 e. The van der Waals surface area contributed by atoms with E-state index < -0.39 is 0 Å². The summed E-state index contributed by atoms with van der Waals surface area (Å²) in [4.78, 5) is 8.85. The Labute approximate surface area is 108 Å². The van der Waals surface area contributed by atoms with Gasteiger partial charge in [0.15, 0.2) is 0 Å². The first-order chi connectivity index (χ1) is 8.78. The molecule has 1 aliphatic rings. The minimum Gasteiger partial charge on any atom is -0.383 e. The molecule has 5 nitrogen and oxygen atoms in total. The lowest BCUT2D eigenvalue weighted by atomic mass is 10.3. The summed E-state index contributed by atoms with van der Waals surface area (Å²) >= 11 is 0. The first-order valence-electron chi connectivity index (χ1n) is 6.29. The van der Waals surface area contributed by atoms with Gasteiger partial charge in [0, 0.05) is 39.3 Å². The van der Waals surface area contributed by atoms with E-state index in [9.17, 15) is 0 Å². The zero-order valence-corrected chi connectivity index (χ0v) is 10.8. The van der Waals surface area contributed by atoms with E-state index in [0.29, 0.717) is 5.69 Å². The molecule has 0 aliphatic carbocycles. The fraction of sp³-hybridized carbons (Fsp3) is 0.538. The molecule has 1 saturated heterocycles. The van der Waals surface area contributed by atoms with Crippen molar-refractivity contribution in [1.82, 2.24) is 14.8 Å². The van der Waals surface area contributed by atoms with Crippen molar-refractivity contribution in [3.05, 3.63) is 24.0 Å². The molecular weight excluding hydrogens is 226 g/mol. The average Bonchev–Trinajstić information content (AvgIpc) is 2.42. The molecule has 0 bridgehead atoms. The number of likely N-dealkylation sites (N-methyl/N-ethyl adjacent to an activating group) is 1. The summed E-state index contributed by atoms with van der Waals surface area (Å²) in [6.07, 6.45) is 1.71. The van der Waals surface area contributed by atoms with Gasteiger partial charge in [-0.3, -0.25) is 4.90 Å². The lowest BCUT2D eigenvalue weighted by Gasteiger charge is -2.32. The normalized spacial score (nSPS) is 17.3. The van der Waals surface area contributed by atoms with E-state index >= 15 is 0 Å². The molecule has 0 unspecified atom stereocenters. The molecule has 2 heterocycles. The predicted molar refractivity (Wildman–Crippen MR) is 71.4 cm³/mol. The van der Waals surface area contributed by atoms with Crippen LogP contribution >= 0.6 is 0 Å². The van der Waals surface area contributed by atoms with Crippen LogP contribution in [0.25, 0.3) is 0 Å². The molecule has 2 rings (SSSR count). The number of nitriles is 1. The van der Waals surface area contributed by atoms with Crippen LogP contribution in [0.5, 0.6) is 0 Å². The van der Waals surface area contributed by atoms with Crippen molar-refractivity contribution in [2.75, 3.05) is 51.6 Å². The van der Waals surface area contributed by atoms with Crippen LogP contribution in [0.15, 0.2) is 18.3 Å². The Morgan fingerprint density at radius 2 is 2.11 bits per heavy atom. The molecule has 1 aromatic rings. The molecule has 1 aromatic heterocycles. The first kappa shape index (κ1) is 12.8. The zero-order chi connectivity index (χ0) is 12.8. The summed E-state index contributed by atoms with van der Waals surface area (Å²) in [7, 11) is 2.16. The molecule has 0 amide bonds. The van der Waals surface area contributed by atoms with Crippen LogP contribution in [0.3, 0.4) is 0 Å². The molecule has 18 heavy (non-hydrogen) atoms. The summed E-state index contributed by atoms with van der Waals surface area (Å²) in [6.45, 7) is 6.55. The number of nitrogens with one attached hydrogen (secondary N) is 1. The van der Waals surface area contributed by atoms with Gasteiger partial charge in [-0.05, 0) is 19.2 Å². The van der Waals surface area contributed by atoms with Crippen LogP contribution < -0.4 is 5.32 Å². The Kier molecular flexibility index (Phi) is 4.51. The fourth-order valence-corrected chi connectivity index (χ4v) is 1.99. The van der Waals surface area contributed by atoms with Crippen molar-refractivity contribution in [3.8, 4) is 6.07 Å². The molecule has 1 fully saturated rings. The van der Waals surface area contributed by atoms with E-state index in [4.69, 9.17) is 5.26 Å². The van der Waals surface area contributed by atoms with E-state index in [0.717, 1.165) is 45.0 Å². The maximum absolute atomic E-state index is 8.65. The third kappa shape index (κ3) is 3.69. The van der Waals surface area contributed by atoms with Gasteiger partial charge in [-0.25, -0.2) is 4.98 Å². The van der Waals surface area contributed by atoms with Crippen molar-refractivity contribution in [1.29, 1.82) is 5.26 Å². The van der Waals surface area contributed by atoms with E-state index in [1.54, 1.807) is 12.3 Å². The van der Waals surface area contributed by atoms with Gasteiger partial charge in [0.05, 0.1) is 11.9 Å². The summed E-state index contributed by atoms with van der Waals surface area (Å²) in [5.74, 6) is 0. The van der Waals surface area contributed by atoms with Gasteiger partial charge in [0.25, 0.3) is 0 Å². The topological polar surface area (TPSA) is 55.2 Å². The number of pyridine rings is 1. The standard InChI is InChI=1S/C13H19N5/c1-17-6-8-18(9-7-17)5-4-15-13-3-2-12(10-14)16-11-13/h2-3,11,15H,4-9H2,1H3. The Hall–Kier alpha value is -1.64. The minimum absolute atomic E-state index is 0.458. The lowest BCUT2D eigenvalue weighted by Crippen LogP contribution is -2.45. The van der Waals surface area contributed by atoms with Crippen LogP contribution in [-0.2, 0) is 0 Å². The van der Waals surface area contributed by atoms with Crippen LogP contribution in [0.4, 0.5) is 5.69 Å². The molecule has 0 atom stereocenters. The van der Waals surface area contributed by atoms with Gasteiger partial charge in [0.1, 0.15) is 11.8 Å². The second-order valence-corrected chi connectivity index (χ2v) is 4.62. The molecular formula is C13H19N5. The highest BCUT2D eigenvalue weighted by Crippen LogP contribution is 2.05. The van der Waals surface area contributed by atoms with Gasteiger partial charge in [0.2, 0.25) is 0 Å². The van der Waals surface area contributed by atoms with Crippen LogP contribution in [0, 0.1) is 11.3 Å². The number of hydrogen-bond donors (Lipinski definition) is 1. The van der Waals surface area contributed by atoms with Crippen LogP contribution in [0.2, 0.25) is 0 Å². The van der Waals surface area contributed by atoms with E-state index in [-0.39, 0.29) is 0 Å². The van der Waals surface area contributed by atoms with Gasteiger partial charge in [-0.2, -0.15) is 5.26 Å². The first-order valence-corrected chi connectivity index (χ1v) is 6.29. The Morgan fingerprint density at radius 3 is 2.72 bits per heavy atom. The summed E-state index contributed by atoms with van der Waals surface area (Å²) in [5.41, 5.74) is 1.43. The fourth-order valence-electron chi connectivity index (χ4n) is 1.99. The molecule has 0 spiro atoms. The molecule has 96 valence electrons. The second-order valence-electron chi connectivity index (χ2n) is 4.62. The third-order valence-corrected chi connectivity index (χ3v) is 3.23. The maximum atomic E-state index is 8.65. The van der Waals surface area contributed by atoms with Gasteiger partial charge < -0.3 is 10.2 Å². The summed E-state index contributed by atoms with van der Waals surface area (Å²) in [6, 6.07) is 5.65. The zero-order valence-electron chi connectivity index (χ0n) is 10.8. The minimum atomic E-state index is 0.458. The highest BCUT2D eigenvalue weighted by Gasteiger charge is 2.12. The van der Waals surface area contributed by atoms with E-state index in [1.165, 1.54) is 0 Å². The second kappa shape index (κ2) is 6.34. The van der Waals surface area contributed by atoms with Crippen molar-refractivity contribution in [3.63, 3.8) is 0 Å². The highest BCUT2D eigenvalue weighted by atomic mass is 15.2. The molecule has 0 radical (unpaired) electrons.